The van der Waals surface area contributed by atoms with E-state index in [0.717, 1.165) is 5.56 Å². The van der Waals surface area contributed by atoms with Crippen molar-refractivity contribution in [1.82, 2.24) is 0 Å². The normalized spacial score (nSPS) is 16.7. The third-order valence-electron chi connectivity index (χ3n) is 1.38. The molecule has 3 heteroatoms. The summed E-state index contributed by atoms with van der Waals surface area (Å²) < 4.78 is 4.77. The SMILES string of the molecule is C[C@@H](N)[C@H](O)c1ccoc1. The minimum absolute atomic E-state index is 0.252. The van der Waals surface area contributed by atoms with Crippen LogP contribution in [0.3, 0.4) is 0 Å². The van der Waals surface area contributed by atoms with E-state index < -0.39 is 6.10 Å². The van der Waals surface area contributed by atoms with Gasteiger partial charge in [0, 0.05) is 11.6 Å². The van der Waals surface area contributed by atoms with Crippen LogP contribution >= 0.6 is 0 Å². The number of aliphatic hydroxyl groups is 1. The smallest absolute Gasteiger partial charge is 0.0969 e. The van der Waals surface area contributed by atoms with Crippen molar-refractivity contribution in [2.45, 2.75) is 19.1 Å². The van der Waals surface area contributed by atoms with E-state index in [1.54, 1.807) is 13.0 Å². The molecule has 0 aliphatic heterocycles. The highest BCUT2D eigenvalue weighted by Crippen LogP contribution is 2.14. The summed E-state index contributed by atoms with van der Waals surface area (Å²) in [5.41, 5.74) is 6.17. The van der Waals surface area contributed by atoms with Gasteiger partial charge in [-0.15, -0.1) is 0 Å². The molecule has 0 radical (unpaired) electrons. The van der Waals surface area contributed by atoms with Gasteiger partial charge in [-0.1, -0.05) is 0 Å². The van der Waals surface area contributed by atoms with E-state index >= 15 is 0 Å². The molecular formula is C7H11NO2. The summed E-state index contributed by atoms with van der Waals surface area (Å²) in [5.74, 6) is 0. The molecule has 0 aliphatic rings. The van der Waals surface area contributed by atoms with Crippen molar-refractivity contribution < 1.29 is 9.52 Å². The van der Waals surface area contributed by atoms with E-state index in [0.29, 0.717) is 0 Å². The molecule has 0 saturated heterocycles. The number of hydrogen-bond donors (Lipinski definition) is 2. The highest BCUT2D eigenvalue weighted by Gasteiger charge is 2.12. The summed E-state index contributed by atoms with van der Waals surface area (Å²) >= 11 is 0. The molecule has 0 unspecified atom stereocenters. The molecule has 56 valence electrons. The molecule has 3 nitrogen and oxygen atoms in total. The van der Waals surface area contributed by atoms with Gasteiger partial charge in [0.05, 0.1) is 18.6 Å². The fourth-order valence-corrected chi connectivity index (χ4v) is 0.747. The predicted octanol–water partition coefficient (Wildman–Crippen LogP) is 0.660. The number of aliphatic hydroxyl groups excluding tert-OH is 1. The standard InChI is InChI=1S/C7H11NO2/c1-5(8)7(9)6-2-3-10-4-6/h2-5,7,9H,8H2,1H3/t5-,7+/m1/s1. The molecule has 0 bridgehead atoms. The molecule has 1 aromatic heterocycles. The molecule has 10 heavy (non-hydrogen) atoms. The van der Waals surface area contributed by atoms with Gasteiger partial charge in [-0.05, 0) is 13.0 Å². The van der Waals surface area contributed by atoms with Crippen LogP contribution in [0.5, 0.6) is 0 Å². The van der Waals surface area contributed by atoms with Gasteiger partial charge >= 0.3 is 0 Å². The minimum Gasteiger partial charge on any atom is -0.472 e. The maximum Gasteiger partial charge on any atom is 0.0969 e. The van der Waals surface area contributed by atoms with Crippen molar-refractivity contribution in [3.05, 3.63) is 24.2 Å². The Morgan fingerprint density at radius 1 is 1.70 bits per heavy atom. The lowest BCUT2D eigenvalue weighted by atomic mass is 10.1. The van der Waals surface area contributed by atoms with Crippen LogP contribution < -0.4 is 5.73 Å². The van der Waals surface area contributed by atoms with Gasteiger partial charge in [0.2, 0.25) is 0 Å². The van der Waals surface area contributed by atoms with E-state index in [-0.39, 0.29) is 6.04 Å². The third-order valence-corrected chi connectivity index (χ3v) is 1.38. The maximum atomic E-state index is 9.30. The third kappa shape index (κ3) is 1.37. The average molecular weight is 141 g/mol. The zero-order valence-corrected chi connectivity index (χ0v) is 5.82. The largest absolute Gasteiger partial charge is 0.472 e. The molecule has 1 rings (SSSR count). The Kier molecular flexibility index (Phi) is 2.09. The van der Waals surface area contributed by atoms with Crippen molar-refractivity contribution in [2.24, 2.45) is 5.73 Å². The molecule has 0 aliphatic carbocycles. The van der Waals surface area contributed by atoms with Gasteiger partial charge in [0.15, 0.2) is 0 Å². The van der Waals surface area contributed by atoms with Gasteiger partial charge < -0.3 is 15.3 Å². The summed E-state index contributed by atoms with van der Waals surface area (Å²) in [7, 11) is 0. The predicted molar refractivity (Wildman–Crippen MR) is 37.3 cm³/mol. The lowest BCUT2D eigenvalue weighted by Crippen LogP contribution is -2.23. The Balaban J connectivity index is 2.68. The number of furan rings is 1. The van der Waals surface area contributed by atoms with Crippen LogP contribution in [0.2, 0.25) is 0 Å². The van der Waals surface area contributed by atoms with Crippen LogP contribution in [0.1, 0.15) is 18.6 Å². The lowest BCUT2D eigenvalue weighted by molar-refractivity contribution is 0.152. The van der Waals surface area contributed by atoms with Crippen molar-refractivity contribution in [1.29, 1.82) is 0 Å². The first-order chi connectivity index (χ1) is 4.72. The summed E-state index contributed by atoms with van der Waals surface area (Å²) in [4.78, 5) is 0. The Labute approximate surface area is 59.5 Å². The second kappa shape index (κ2) is 2.86. The molecule has 0 aromatic carbocycles. The molecule has 0 saturated carbocycles. The summed E-state index contributed by atoms with van der Waals surface area (Å²) in [5, 5.41) is 9.30. The first-order valence-electron chi connectivity index (χ1n) is 3.17. The van der Waals surface area contributed by atoms with Gasteiger partial charge in [-0.2, -0.15) is 0 Å². The van der Waals surface area contributed by atoms with Gasteiger partial charge in [0.25, 0.3) is 0 Å². The Bertz CT molecular complexity index is 181. The fourth-order valence-electron chi connectivity index (χ4n) is 0.747. The van der Waals surface area contributed by atoms with E-state index in [1.807, 2.05) is 0 Å². The first-order valence-corrected chi connectivity index (χ1v) is 3.17. The van der Waals surface area contributed by atoms with E-state index in [4.69, 9.17) is 10.2 Å². The molecule has 1 aromatic rings. The van der Waals surface area contributed by atoms with Crippen LogP contribution in [0.15, 0.2) is 23.0 Å². The number of hydrogen-bond acceptors (Lipinski definition) is 3. The summed E-state index contributed by atoms with van der Waals surface area (Å²) in [6, 6.07) is 1.45. The zero-order valence-electron chi connectivity index (χ0n) is 5.82. The number of nitrogens with two attached hydrogens (primary N) is 1. The quantitative estimate of drug-likeness (QED) is 0.636. The number of rotatable bonds is 2. The van der Waals surface area contributed by atoms with Crippen molar-refractivity contribution in [3.8, 4) is 0 Å². The Morgan fingerprint density at radius 2 is 2.40 bits per heavy atom. The lowest BCUT2D eigenvalue weighted by Gasteiger charge is -2.10. The first kappa shape index (κ1) is 7.31. The fraction of sp³-hybridized carbons (Fsp3) is 0.429. The molecule has 0 amide bonds. The second-order valence-corrected chi connectivity index (χ2v) is 2.36. The molecular weight excluding hydrogens is 130 g/mol. The van der Waals surface area contributed by atoms with Crippen molar-refractivity contribution in [2.75, 3.05) is 0 Å². The monoisotopic (exact) mass is 141 g/mol. The van der Waals surface area contributed by atoms with Crippen molar-refractivity contribution in [3.63, 3.8) is 0 Å². The van der Waals surface area contributed by atoms with E-state index in [2.05, 4.69) is 0 Å². The summed E-state index contributed by atoms with van der Waals surface area (Å²) in [6.45, 7) is 1.75. The molecule has 0 fully saturated rings. The van der Waals surface area contributed by atoms with E-state index in [9.17, 15) is 5.11 Å². The minimum atomic E-state index is -0.612. The van der Waals surface area contributed by atoms with Crippen LogP contribution in [0.25, 0.3) is 0 Å². The van der Waals surface area contributed by atoms with Crippen LogP contribution in [0, 0.1) is 0 Å². The van der Waals surface area contributed by atoms with Crippen LogP contribution in [0.4, 0.5) is 0 Å². The Morgan fingerprint density at radius 3 is 2.80 bits per heavy atom. The molecule has 0 spiro atoms. The molecule has 1 heterocycles. The summed E-state index contributed by atoms with van der Waals surface area (Å²) in [6.07, 6.45) is 2.40. The van der Waals surface area contributed by atoms with Crippen molar-refractivity contribution >= 4 is 0 Å². The topological polar surface area (TPSA) is 59.4 Å². The molecule has 3 N–H and O–H groups in total. The van der Waals surface area contributed by atoms with Crippen LogP contribution in [-0.2, 0) is 0 Å². The highest BCUT2D eigenvalue weighted by atomic mass is 16.3. The second-order valence-electron chi connectivity index (χ2n) is 2.36. The van der Waals surface area contributed by atoms with E-state index in [1.165, 1.54) is 12.5 Å². The van der Waals surface area contributed by atoms with Crippen LogP contribution in [-0.4, -0.2) is 11.1 Å². The highest BCUT2D eigenvalue weighted by molar-refractivity contribution is 5.10. The Hall–Kier alpha value is -0.800. The van der Waals surface area contributed by atoms with Gasteiger partial charge in [0.1, 0.15) is 0 Å². The van der Waals surface area contributed by atoms with Gasteiger partial charge in [-0.3, -0.25) is 0 Å². The zero-order chi connectivity index (χ0) is 7.56. The average Bonchev–Trinajstić information content (AvgIpc) is 2.36. The van der Waals surface area contributed by atoms with Gasteiger partial charge in [-0.25, -0.2) is 0 Å². The molecule has 2 atom stereocenters. The maximum absolute atomic E-state index is 9.30.